The van der Waals surface area contributed by atoms with Crippen molar-refractivity contribution in [2.24, 2.45) is 0 Å². The molecule has 0 bridgehead atoms. The van der Waals surface area contributed by atoms with Crippen LogP contribution in [0.3, 0.4) is 0 Å². The van der Waals surface area contributed by atoms with Gasteiger partial charge in [-0.25, -0.2) is 0 Å². The third-order valence-electron chi connectivity index (χ3n) is 3.95. The second kappa shape index (κ2) is 4.99. The number of hydrogen-bond donors (Lipinski definition) is 1. The van der Waals surface area contributed by atoms with Crippen molar-refractivity contribution in [1.82, 2.24) is 0 Å². The van der Waals surface area contributed by atoms with Crippen molar-refractivity contribution in [3.8, 4) is 0 Å². The Hall–Kier alpha value is -1.31. The van der Waals surface area contributed by atoms with Crippen LogP contribution in [0.5, 0.6) is 0 Å². The van der Waals surface area contributed by atoms with Crippen LogP contribution >= 0.6 is 11.6 Å². The molecule has 2 aromatic rings. The maximum absolute atomic E-state index is 10.5. The van der Waals surface area contributed by atoms with E-state index in [1.807, 2.05) is 31.2 Å². The fourth-order valence-corrected chi connectivity index (χ4v) is 2.92. The van der Waals surface area contributed by atoms with Crippen LogP contribution in [0, 0.1) is 6.92 Å². The number of benzene rings is 2. The fraction of sp³-hybridized carbons (Fsp3) is 0.294. The summed E-state index contributed by atoms with van der Waals surface area (Å²) in [5.41, 5.74) is 5.66. The van der Waals surface area contributed by atoms with Crippen LogP contribution in [0.25, 0.3) is 0 Å². The van der Waals surface area contributed by atoms with Gasteiger partial charge in [-0.1, -0.05) is 41.9 Å². The Bertz CT molecular complexity index is 619. The van der Waals surface area contributed by atoms with Gasteiger partial charge in [-0.2, -0.15) is 0 Å². The van der Waals surface area contributed by atoms with E-state index in [0.717, 1.165) is 23.1 Å². The second-order valence-corrected chi connectivity index (χ2v) is 5.70. The third-order valence-corrected chi connectivity index (χ3v) is 4.36. The average Bonchev–Trinajstić information content (AvgIpc) is 2.88. The van der Waals surface area contributed by atoms with Crippen molar-refractivity contribution >= 4 is 11.6 Å². The average molecular weight is 273 g/mol. The summed E-state index contributed by atoms with van der Waals surface area (Å²) in [7, 11) is 0. The molecule has 19 heavy (non-hydrogen) atoms. The van der Waals surface area contributed by atoms with Crippen molar-refractivity contribution in [3.63, 3.8) is 0 Å². The van der Waals surface area contributed by atoms with Crippen LogP contribution < -0.4 is 0 Å². The zero-order valence-corrected chi connectivity index (χ0v) is 11.7. The first-order chi connectivity index (χ1) is 9.15. The summed E-state index contributed by atoms with van der Waals surface area (Å²) in [4.78, 5) is 0. The fourth-order valence-electron chi connectivity index (χ4n) is 2.73. The zero-order chi connectivity index (χ0) is 13.4. The van der Waals surface area contributed by atoms with E-state index in [0.29, 0.717) is 5.02 Å². The number of hydrogen-bond acceptors (Lipinski definition) is 1. The van der Waals surface area contributed by atoms with Gasteiger partial charge < -0.3 is 5.11 Å². The molecule has 1 aliphatic rings. The molecule has 1 nitrogen and oxygen atoms in total. The first kappa shape index (κ1) is 12.7. The third kappa shape index (κ3) is 2.41. The van der Waals surface area contributed by atoms with Crippen LogP contribution in [0.15, 0.2) is 36.4 Å². The highest BCUT2D eigenvalue weighted by atomic mass is 35.5. The first-order valence-corrected chi connectivity index (χ1v) is 7.09. The summed E-state index contributed by atoms with van der Waals surface area (Å²) in [6.45, 7) is 1.97. The Morgan fingerprint density at radius 1 is 1.00 bits per heavy atom. The van der Waals surface area contributed by atoms with Gasteiger partial charge in [0.05, 0.1) is 0 Å². The van der Waals surface area contributed by atoms with Crippen LogP contribution in [0.2, 0.25) is 5.02 Å². The summed E-state index contributed by atoms with van der Waals surface area (Å²) >= 11 is 6.13. The SMILES string of the molecule is Cc1ccc(C(O)c2ccc3c(c2)CCC3)cc1Cl. The lowest BCUT2D eigenvalue weighted by Crippen LogP contribution is -2.01. The minimum absolute atomic E-state index is 0.594. The summed E-state index contributed by atoms with van der Waals surface area (Å²) in [6, 6.07) is 12.1. The molecule has 98 valence electrons. The lowest BCUT2D eigenvalue weighted by molar-refractivity contribution is 0.220. The van der Waals surface area contributed by atoms with E-state index in [2.05, 4.69) is 12.1 Å². The van der Waals surface area contributed by atoms with Crippen LogP contribution in [0.4, 0.5) is 0 Å². The zero-order valence-electron chi connectivity index (χ0n) is 11.0. The highest BCUT2D eigenvalue weighted by Crippen LogP contribution is 2.30. The Morgan fingerprint density at radius 2 is 1.68 bits per heavy atom. The molecule has 0 heterocycles. The van der Waals surface area contributed by atoms with Gasteiger partial charge in [-0.05, 0) is 60.1 Å². The molecule has 0 fully saturated rings. The van der Waals surface area contributed by atoms with Crippen molar-refractivity contribution in [3.05, 3.63) is 69.2 Å². The summed E-state index contributed by atoms with van der Waals surface area (Å²) < 4.78 is 0. The van der Waals surface area contributed by atoms with E-state index in [4.69, 9.17) is 11.6 Å². The maximum atomic E-state index is 10.5. The molecule has 0 saturated carbocycles. The summed E-state index contributed by atoms with van der Waals surface area (Å²) in [5.74, 6) is 0. The standard InChI is InChI=1S/C17H17ClO/c1-11-5-6-15(10-16(11)18)17(19)14-8-7-12-3-2-4-13(12)9-14/h5-10,17,19H,2-4H2,1H3. The van der Waals surface area contributed by atoms with Crippen molar-refractivity contribution < 1.29 is 5.11 Å². The van der Waals surface area contributed by atoms with Crippen LogP contribution in [0.1, 0.15) is 40.3 Å². The van der Waals surface area contributed by atoms with Gasteiger partial charge in [-0.3, -0.25) is 0 Å². The Labute approximate surface area is 118 Å². The van der Waals surface area contributed by atoms with E-state index in [1.54, 1.807) is 0 Å². The number of aliphatic hydroxyl groups is 1. The van der Waals surface area contributed by atoms with E-state index in [-0.39, 0.29) is 0 Å². The molecule has 2 aromatic carbocycles. The molecular weight excluding hydrogens is 256 g/mol. The molecule has 1 atom stereocenters. The highest BCUT2D eigenvalue weighted by molar-refractivity contribution is 6.31. The summed E-state index contributed by atoms with van der Waals surface area (Å²) in [5, 5.41) is 11.2. The number of halogens is 1. The molecule has 1 unspecified atom stereocenters. The van der Waals surface area contributed by atoms with Crippen LogP contribution in [-0.4, -0.2) is 5.11 Å². The molecule has 3 rings (SSSR count). The largest absolute Gasteiger partial charge is 0.384 e. The molecule has 2 heteroatoms. The van der Waals surface area contributed by atoms with E-state index >= 15 is 0 Å². The van der Waals surface area contributed by atoms with E-state index in [9.17, 15) is 5.11 Å². The minimum atomic E-state index is -0.594. The van der Waals surface area contributed by atoms with Gasteiger partial charge in [-0.15, -0.1) is 0 Å². The molecule has 1 N–H and O–H groups in total. The van der Waals surface area contributed by atoms with Gasteiger partial charge in [0.2, 0.25) is 0 Å². The lowest BCUT2D eigenvalue weighted by Gasteiger charge is -2.14. The quantitative estimate of drug-likeness (QED) is 0.868. The van der Waals surface area contributed by atoms with Crippen LogP contribution in [-0.2, 0) is 12.8 Å². The molecule has 0 spiro atoms. The van der Waals surface area contributed by atoms with Crippen molar-refractivity contribution in [1.29, 1.82) is 0 Å². The molecule has 0 aromatic heterocycles. The highest BCUT2D eigenvalue weighted by Gasteiger charge is 2.16. The van der Waals surface area contributed by atoms with Gasteiger partial charge >= 0.3 is 0 Å². The molecule has 0 radical (unpaired) electrons. The van der Waals surface area contributed by atoms with E-state index in [1.165, 1.54) is 24.0 Å². The maximum Gasteiger partial charge on any atom is 0.104 e. The Balaban J connectivity index is 1.94. The number of fused-ring (bicyclic) bond motifs is 1. The van der Waals surface area contributed by atoms with Crippen molar-refractivity contribution in [2.45, 2.75) is 32.3 Å². The van der Waals surface area contributed by atoms with Gasteiger partial charge in [0, 0.05) is 5.02 Å². The number of aliphatic hydroxyl groups excluding tert-OH is 1. The smallest absolute Gasteiger partial charge is 0.104 e. The van der Waals surface area contributed by atoms with Crippen molar-refractivity contribution in [2.75, 3.05) is 0 Å². The first-order valence-electron chi connectivity index (χ1n) is 6.71. The molecular formula is C17H17ClO. The molecule has 0 amide bonds. The summed E-state index contributed by atoms with van der Waals surface area (Å²) in [6.07, 6.45) is 2.93. The van der Waals surface area contributed by atoms with Gasteiger partial charge in [0.1, 0.15) is 6.10 Å². The van der Waals surface area contributed by atoms with Gasteiger partial charge in [0.15, 0.2) is 0 Å². The molecule has 0 saturated heterocycles. The predicted molar refractivity (Wildman–Crippen MR) is 78.7 cm³/mol. The lowest BCUT2D eigenvalue weighted by atomic mass is 9.97. The predicted octanol–water partition coefficient (Wildman–Crippen LogP) is 4.22. The normalized spacial score (nSPS) is 15.3. The molecule has 1 aliphatic carbocycles. The monoisotopic (exact) mass is 272 g/mol. The molecule has 0 aliphatic heterocycles. The minimum Gasteiger partial charge on any atom is -0.384 e. The van der Waals surface area contributed by atoms with E-state index < -0.39 is 6.10 Å². The Kier molecular flexibility index (Phi) is 3.34. The number of rotatable bonds is 2. The number of aryl methyl sites for hydroxylation is 3. The second-order valence-electron chi connectivity index (χ2n) is 5.29. The topological polar surface area (TPSA) is 20.2 Å². The van der Waals surface area contributed by atoms with Gasteiger partial charge in [0.25, 0.3) is 0 Å². The Morgan fingerprint density at radius 3 is 2.47 bits per heavy atom.